The van der Waals surface area contributed by atoms with Gasteiger partial charge in [-0.05, 0) is 36.1 Å². The number of carbonyl (C=O) groups excluding carboxylic acids is 2. The van der Waals surface area contributed by atoms with Gasteiger partial charge >= 0.3 is 6.09 Å². The Kier molecular flexibility index (Phi) is 6.44. The molecule has 27 heavy (non-hydrogen) atoms. The summed E-state index contributed by atoms with van der Waals surface area (Å²) in [7, 11) is 0. The third kappa shape index (κ3) is 4.99. The number of imide groups is 1. The van der Waals surface area contributed by atoms with Crippen LogP contribution in [-0.2, 0) is 0 Å². The highest BCUT2D eigenvalue weighted by Gasteiger charge is 2.35. The van der Waals surface area contributed by atoms with Crippen LogP contribution in [0.4, 0.5) is 13.6 Å². The predicted molar refractivity (Wildman–Crippen MR) is 94.4 cm³/mol. The number of halogens is 2. The van der Waals surface area contributed by atoms with Crippen LogP contribution in [0.25, 0.3) is 0 Å². The van der Waals surface area contributed by atoms with E-state index in [1.165, 1.54) is 11.0 Å². The Morgan fingerprint density at radius 1 is 1.19 bits per heavy atom. The third-order valence-corrected chi connectivity index (χ3v) is 4.20. The lowest BCUT2D eigenvalue weighted by molar-refractivity contribution is 0.0632. The second kappa shape index (κ2) is 8.57. The van der Waals surface area contributed by atoms with E-state index in [1.54, 1.807) is 24.3 Å². The maximum Gasteiger partial charge on any atom is 0.402 e. The zero-order valence-electron chi connectivity index (χ0n) is 14.7. The molecular formula is C19H20F2N2O4. The number of fused-ring (bicyclic) bond motifs is 1. The predicted octanol–water partition coefficient (Wildman–Crippen LogP) is 3.80. The van der Waals surface area contributed by atoms with Crippen molar-refractivity contribution in [2.24, 2.45) is 11.7 Å². The van der Waals surface area contributed by atoms with Crippen molar-refractivity contribution in [3.63, 3.8) is 0 Å². The van der Waals surface area contributed by atoms with Gasteiger partial charge in [0, 0.05) is 19.4 Å². The maximum absolute atomic E-state index is 13.8. The Hall–Kier alpha value is -3.03. The van der Waals surface area contributed by atoms with E-state index in [0.29, 0.717) is 23.1 Å². The molecule has 1 aromatic rings. The van der Waals surface area contributed by atoms with Crippen molar-refractivity contribution in [2.45, 2.75) is 26.2 Å². The number of hydrogen-bond acceptors (Lipinski definition) is 3. The molecule has 3 rings (SSSR count). The smallest absolute Gasteiger partial charge is 0.402 e. The number of allylic oxidation sites excluding steroid dienone is 4. The highest BCUT2D eigenvalue weighted by Crippen LogP contribution is 2.31. The topological polar surface area (TPSA) is 101 Å². The largest absolute Gasteiger partial charge is 0.465 e. The molecule has 6 nitrogen and oxygen atoms in total. The van der Waals surface area contributed by atoms with Crippen LogP contribution in [-0.4, -0.2) is 34.5 Å². The number of rotatable bonds is 4. The molecule has 144 valence electrons. The highest BCUT2D eigenvalue weighted by molar-refractivity contribution is 6.21. The van der Waals surface area contributed by atoms with Crippen LogP contribution >= 0.6 is 0 Å². The molecule has 1 heterocycles. The lowest BCUT2D eigenvalue weighted by Gasteiger charge is -2.21. The number of primary amides is 1. The van der Waals surface area contributed by atoms with Crippen molar-refractivity contribution in [2.75, 3.05) is 6.54 Å². The molecule has 0 bridgehead atoms. The zero-order valence-corrected chi connectivity index (χ0v) is 14.7. The van der Waals surface area contributed by atoms with Crippen LogP contribution in [0, 0.1) is 5.92 Å². The molecule has 1 atom stereocenters. The highest BCUT2D eigenvalue weighted by atomic mass is 19.1. The minimum atomic E-state index is -1.33. The van der Waals surface area contributed by atoms with Gasteiger partial charge in [-0.3, -0.25) is 14.5 Å². The molecule has 1 aromatic carbocycles. The SMILES string of the molecule is CC(CC1=C(F)CCC(F)=C1)CN1C(=O)c2ccccc2C1=O.NC(=O)O. The quantitative estimate of drug-likeness (QED) is 0.778. The van der Waals surface area contributed by atoms with E-state index in [4.69, 9.17) is 9.90 Å². The number of nitrogens with zero attached hydrogens (tertiary/aromatic N) is 1. The van der Waals surface area contributed by atoms with E-state index in [0.717, 1.165) is 0 Å². The van der Waals surface area contributed by atoms with Crippen LogP contribution in [0.3, 0.4) is 0 Å². The Bertz CT molecular complexity index is 794. The van der Waals surface area contributed by atoms with Gasteiger partial charge in [0.1, 0.15) is 11.7 Å². The zero-order chi connectivity index (χ0) is 20.1. The molecule has 0 aromatic heterocycles. The number of amides is 3. The van der Waals surface area contributed by atoms with Gasteiger partial charge in [-0.25, -0.2) is 13.6 Å². The number of carbonyl (C=O) groups is 3. The lowest BCUT2D eigenvalue weighted by Crippen LogP contribution is -2.34. The molecule has 1 aliphatic carbocycles. The Morgan fingerprint density at radius 3 is 2.22 bits per heavy atom. The minimum Gasteiger partial charge on any atom is -0.465 e. The molecule has 3 amide bonds. The van der Waals surface area contributed by atoms with Crippen molar-refractivity contribution >= 4 is 17.9 Å². The normalized spacial score (nSPS) is 17.1. The average Bonchev–Trinajstić information content (AvgIpc) is 2.83. The van der Waals surface area contributed by atoms with Gasteiger partial charge in [0.15, 0.2) is 0 Å². The number of benzene rings is 1. The summed E-state index contributed by atoms with van der Waals surface area (Å²) < 4.78 is 27.1. The van der Waals surface area contributed by atoms with Gasteiger partial charge in [-0.2, -0.15) is 0 Å². The summed E-state index contributed by atoms with van der Waals surface area (Å²) in [5.74, 6) is -1.43. The molecule has 2 aliphatic rings. The lowest BCUT2D eigenvalue weighted by atomic mass is 9.95. The van der Waals surface area contributed by atoms with Crippen molar-refractivity contribution in [3.05, 3.63) is 58.7 Å². The van der Waals surface area contributed by atoms with E-state index in [1.807, 2.05) is 6.92 Å². The Labute approximate surface area is 155 Å². The second-order valence-corrected chi connectivity index (χ2v) is 6.44. The van der Waals surface area contributed by atoms with Crippen LogP contribution < -0.4 is 5.73 Å². The van der Waals surface area contributed by atoms with E-state index in [-0.39, 0.29) is 48.8 Å². The van der Waals surface area contributed by atoms with Crippen molar-refractivity contribution in [3.8, 4) is 0 Å². The fourth-order valence-corrected chi connectivity index (χ4v) is 3.06. The summed E-state index contributed by atoms with van der Waals surface area (Å²) in [5, 5.41) is 7.19. The molecule has 1 aliphatic heterocycles. The standard InChI is InChI=1S/C18H17F2NO2.CH3NO2/c1-11(8-12-9-13(19)6-7-16(12)20)10-21-17(22)14-4-2-3-5-15(14)18(21)23;2-1(3)4/h2-5,9,11H,6-8,10H2,1H3;2H2,(H,3,4). The molecule has 0 spiro atoms. The molecular weight excluding hydrogens is 358 g/mol. The first-order valence-corrected chi connectivity index (χ1v) is 8.38. The molecule has 3 N–H and O–H groups in total. The van der Waals surface area contributed by atoms with Crippen LogP contribution in [0.5, 0.6) is 0 Å². The van der Waals surface area contributed by atoms with E-state index in [2.05, 4.69) is 5.73 Å². The fraction of sp³-hybridized carbons (Fsp3) is 0.316. The number of carboxylic acid groups (broad SMARTS) is 1. The summed E-state index contributed by atoms with van der Waals surface area (Å²) in [5.41, 5.74) is 5.16. The minimum absolute atomic E-state index is 0.0808. The van der Waals surface area contributed by atoms with Crippen LogP contribution in [0.1, 0.15) is 46.9 Å². The van der Waals surface area contributed by atoms with Crippen molar-refractivity contribution in [1.82, 2.24) is 4.90 Å². The molecule has 0 saturated heterocycles. The molecule has 0 radical (unpaired) electrons. The maximum atomic E-state index is 13.8. The van der Waals surface area contributed by atoms with Crippen LogP contribution in [0.2, 0.25) is 0 Å². The summed E-state index contributed by atoms with van der Waals surface area (Å²) in [6, 6.07) is 6.68. The molecule has 0 fully saturated rings. The van der Waals surface area contributed by atoms with E-state index in [9.17, 15) is 18.4 Å². The van der Waals surface area contributed by atoms with Gasteiger partial charge in [0.25, 0.3) is 11.8 Å². The summed E-state index contributed by atoms with van der Waals surface area (Å²) in [6.45, 7) is 2.02. The first-order chi connectivity index (χ1) is 12.7. The summed E-state index contributed by atoms with van der Waals surface area (Å²) in [4.78, 5) is 34.6. The van der Waals surface area contributed by atoms with E-state index < -0.39 is 6.09 Å². The Morgan fingerprint density at radius 2 is 1.70 bits per heavy atom. The van der Waals surface area contributed by atoms with Gasteiger partial charge in [-0.1, -0.05) is 19.1 Å². The first kappa shape index (κ1) is 20.3. The average molecular weight is 378 g/mol. The monoisotopic (exact) mass is 378 g/mol. The summed E-state index contributed by atoms with van der Waals surface area (Å²) in [6.07, 6.45) is 0.379. The molecule has 0 saturated carbocycles. The summed E-state index contributed by atoms with van der Waals surface area (Å²) >= 11 is 0. The van der Waals surface area contributed by atoms with Crippen molar-refractivity contribution < 1.29 is 28.3 Å². The van der Waals surface area contributed by atoms with Crippen molar-refractivity contribution in [1.29, 1.82) is 0 Å². The van der Waals surface area contributed by atoms with Crippen LogP contribution in [0.15, 0.2) is 47.6 Å². The van der Waals surface area contributed by atoms with Gasteiger partial charge in [0.05, 0.1) is 11.1 Å². The molecule has 1 unspecified atom stereocenters. The first-order valence-electron chi connectivity index (χ1n) is 8.38. The Balaban J connectivity index is 0.000000596. The third-order valence-electron chi connectivity index (χ3n) is 4.20. The molecule has 8 heteroatoms. The number of hydrogen-bond donors (Lipinski definition) is 2. The number of nitrogens with two attached hydrogens (primary N) is 1. The van der Waals surface area contributed by atoms with E-state index >= 15 is 0 Å². The second-order valence-electron chi connectivity index (χ2n) is 6.44. The van der Waals surface area contributed by atoms with Gasteiger partial charge < -0.3 is 10.8 Å². The van der Waals surface area contributed by atoms with Gasteiger partial charge in [0.2, 0.25) is 0 Å². The van der Waals surface area contributed by atoms with Gasteiger partial charge in [-0.15, -0.1) is 0 Å². The fourth-order valence-electron chi connectivity index (χ4n) is 3.06.